The number of hydrogen-bond acceptors (Lipinski definition) is 4. The van der Waals surface area contributed by atoms with E-state index in [0.29, 0.717) is 18.4 Å². The Morgan fingerprint density at radius 2 is 1.85 bits per heavy atom. The van der Waals surface area contributed by atoms with Gasteiger partial charge in [-0.15, -0.1) is 0 Å². The topological polar surface area (TPSA) is 80.3 Å². The van der Waals surface area contributed by atoms with Gasteiger partial charge in [-0.3, -0.25) is 0 Å². The van der Waals surface area contributed by atoms with Gasteiger partial charge in [0.2, 0.25) is 10.0 Å². The van der Waals surface area contributed by atoms with E-state index in [9.17, 15) is 16.8 Å². The lowest BCUT2D eigenvalue weighted by Crippen LogP contribution is -2.40. The minimum Gasteiger partial charge on any atom is -0.224 e. The maximum absolute atomic E-state index is 12.2. The van der Waals surface area contributed by atoms with Crippen LogP contribution < -0.4 is 4.72 Å². The van der Waals surface area contributed by atoms with E-state index in [-0.39, 0.29) is 15.5 Å². The molecule has 0 aromatic heterocycles. The van der Waals surface area contributed by atoms with Crippen molar-refractivity contribution in [1.29, 1.82) is 0 Å². The summed E-state index contributed by atoms with van der Waals surface area (Å²) < 4.78 is 50.8. The molecule has 1 heterocycles. The first-order chi connectivity index (χ1) is 9.01. The largest absolute Gasteiger partial charge is 0.241 e. The van der Waals surface area contributed by atoms with Crippen molar-refractivity contribution in [3.05, 3.63) is 23.8 Å². The van der Waals surface area contributed by atoms with Crippen LogP contribution in [0.25, 0.3) is 0 Å². The lowest BCUT2D eigenvalue weighted by Gasteiger charge is -2.22. The van der Waals surface area contributed by atoms with Gasteiger partial charge in [0.15, 0.2) is 9.84 Å². The summed E-state index contributed by atoms with van der Waals surface area (Å²) in [5, 5.41) is 0. The minimum absolute atomic E-state index is 0.114. The fourth-order valence-electron chi connectivity index (χ4n) is 2.25. The van der Waals surface area contributed by atoms with Crippen LogP contribution in [0.15, 0.2) is 28.0 Å². The van der Waals surface area contributed by atoms with E-state index >= 15 is 0 Å². The molecule has 7 heteroatoms. The number of rotatable bonds is 2. The molecule has 1 aromatic rings. The number of sulfonamides is 1. The Labute approximate surface area is 120 Å². The van der Waals surface area contributed by atoms with Crippen molar-refractivity contribution in [1.82, 2.24) is 4.72 Å². The molecule has 2 rings (SSSR count). The molecule has 0 atom stereocenters. The first-order valence-electron chi connectivity index (χ1n) is 6.41. The normalized spacial score (nSPS) is 18.6. The van der Waals surface area contributed by atoms with Crippen LogP contribution in [-0.4, -0.2) is 28.1 Å². The van der Waals surface area contributed by atoms with E-state index in [1.54, 1.807) is 20.8 Å². The first kappa shape index (κ1) is 15.5. The predicted molar refractivity (Wildman–Crippen MR) is 76.9 cm³/mol. The molecule has 1 aliphatic rings. The third kappa shape index (κ3) is 3.21. The third-order valence-corrected chi connectivity index (χ3v) is 6.63. The second kappa shape index (κ2) is 4.82. The number of benzene rings is 1. The number of aryl methyl sites for hydroxylation is 1. The summed E-state index contributed by atoms with van der Waals surface area (Å²) in [6.45, 7) is 5.27. The Balaban J connectivity index is 2.47. The van der Waals surface area contributed by atoms with Crippen LogP contribution in [0.4, 0.5) is 0 Å². The molecule has 0 radical (unpaired) electrons. The second-order valence-corrected chi connectivity index (χ2v) is 9.81. The van der Waals surface area contributed by atoms with Crippen molar-refractivity contribution >= 4 is 19.9 Å². The highest BCUT2D eigenvalue weighted by atomic mass is 32.2. The van der Waals surface area contributed by atoms with Crippen molar-refractivity contribution < 1.29 is 16.8 Å². The summed E-state index contributed by atoms with van der Waals surface area (Å²) in [6, 6.07) is 4.23. The predicted octanol–water partition coefficient (Wildman–Crippen LogP) is 1.48. The van der Waals surface area contributed by atoms with Gasteiger partial charge in [0.1, 0.15) is 0 Å². The zero-order valence-corrected chi connectivity index (χ0v) is 13.4. The third-order valence-electron chi connectivity index (χ3n) is 2.98. The van der Waals surface area contributed by atoms with Crippen molar-refractivity contribution in [2.45, 2.75) is 48.9 Å². The van der Waals surface area contributed by atoms with Crippen molar-refractivity contribution in [2.24, 2.45) is 0 Å². The quantitative estimate of drug-likeness (QED) is 0.896. The molecule has 20 heavy (non-hydrogen) atoms. The zero-order chi connectivity index (χ0) is 15.2. The molecule has 5 nitrogen and oxygen atoms in total. The highest BCUT2D eigenvalue weighted by Crippen LogP contribution is 2.27. The molecule has 0 amide bonds. The Bertz CT molecular complexity index is 728. The van der Waals surface area contributed by atoms with Crippen molar-refractivity contribution in [2.75, 3.05) is 5.75 Å². The van der Waals surface area contributed by atoms with Crippen molar-refractivity contribution in [3.8, 4) is 0 Å². The Kier molecular flexibility index (Phi) is 3.73. The van der Waals surface area contributed by atoms with Crippen LogP contribution in [0.2, 0.25) is 0 Å². The van der Waals surface area contributed by atoms with Gasteiger partial charge in [-0.2, -0.15) is 0 Å². The monoisotopic (exact) mass is 317 g/mol. The standard InChI is InChI=1S/C13H19NO4S2/c1-13(2,3)14-20(17,18)11-6-7-12-10(9-11)5-4-8-19(12,15)16/h6-7,9,14H,4-5,8H2,1-3H3. The fourth-order valence-corrected chi connectivity index (χ4v) is 5.30. The summed E-state index contributed by atoms with van der Waals surface area (Å²) in [6.07, 6.45) is 1.12. The maximum Gasteiger partial charge on any atom is 0.241 e. The molecule has 1 N–H and O–H groups in total. The molecule has 0 spiro atoms. The Morgan fingerprint density at radius 3 is 2.45 bits per heavy atom. The molecule has 112 valence electrons. The van der Waals surface area contributed by atoms with Crippen LogP contribution in [0, 0.1) is 0 Å². The van der Waals surface area contributed by atoms with Gasteiger partial charge >= 0.3 is 0 Å². The van der Waals surface area contributed by atoms with Gasteiger partial charge in [0.25, 0.3) is 0 Å². The van der Waals surface area contributed by atoms with Crippen LogP contribution in [0.5, 0.6) is 0 Å². The van der Waals surface area contributed by atoms with E-state index < -0.39 is 25.4 Å². The van der Waals surface area contributed by atoms with Gasteiger partial charge in [0, 0.05) is 5.54 Å². The van der Waals surface area contributed by atoms with E-state index in [4.69, 9.17) is 0 Å². The van der Waals surface area contributed by atoms with E-state index in [2.05, 4.69) is 4.72 Å². The summed E-state index contributed by atoms with van der Waals surface area (Å²) in [5.74, 6) is 0.131. The molecule has 0 saturated heterocycles. The van der Waals surface area contributed by atoms with Crippen molar-refractivity contribution in [3.63, 3.8) is 0 Å². The highest BCUT2D eigenvalue weighted by molar-refractivity contribution is 7.91. The molecular weight excluding hydrogens is 298 g/mol. The van der Waals surface area contributed by atoms with Gasteiger partial charge < -0.3 is 0 Å². The molecule has 0 fully saturated rings. The van der Waals surface area contributed by atoms with E-state index in [1.807, 2.05) is 0 Å². The lowest BCUT2D eigenvalue weighted by molar-refractivity contribution is 0.491. The minimum atomic E-state index is -3.63. The molecule has 0 unspecified atom stereocenters. The molecule has 0 bridgehead atoms. The average Bonchev–Trinajstić information content (AvgIpc) is 2.24. The molecule has 0 saturated carbocycles. The summed E-state index contributed by atoms with van der Waals surface area (Å²) >= 11 is 0. The summed E-state index contributed by atoms with van der Waals surface area (Å²) in [5.41, 5.74) is 0.00825. The smallest absolute Gasteiger partial charge is 0.224 e. The van der Waals surface area contributed by atoms with Crippen LogP contribution in [0.1, 0.15) is 32.8 Å². The Morgan fingerprint density at radius 1 is 1.20 bits per heavy atom. The summed E-state index contributed by atoms with van der Waals surface area (Å²) in [4.78, 5) is 0.377. The van der Waals surface area contributed by atoms with Crippen LogP contribution in [0.3, 0.4) is 0 Å². The SMILES string of the molecule is CC(C)(C)NS(=O)(=O)c1ccc2c(c1)CCCS2(=O)=O. The molecular formula is C13H19NO4S2. The lowest BCUT2D eigenvalue weighted by atomic mass is 10.1. The van der Waals surface area contributed by atoms with Gasteiger partial charge in [-0.05, 0) is 57.4 Å². The van der Waals surface area contributed by atoms with E-state index in [1.165, 1.54) is 18.2 Å². The molecule has 1 aromatic carbocycles. The van der Waals surface area contributed by atoms with Crippen LogP contribution in [-0.2, 0) is 26.3 Å². The molecule has 0 aliphatic carbocycles. The highest BCUT2D eigenvalue weighted by Gasteiger charge is 2.27. The van der Waals surface area contributed by atoms with Gasteiger partial charge in [-0.25, -0.2) is 21.6 Å². The zero-order valence-electron chi connectivity index (χ0n) is 11.8. The van der Waals surface area contributed by atoms with Crippen LogP contribution >= 0.6 is 0 Å². The number of hydrogen-bond donors (Lipinski definition) is 1. The second-order valence-electron chi connectivity index (χ2n) is 6.05. The Hall–Kier alpha value is -0.920. The number of nitrogens with one attached hydrogen (secondary N) is 1. The summed E-state index contributed by atoms with van der Waals surface area (Å²) in [7, 11) is -6.89. The van der Waals surface area contributed by atoms with E-state index in [0.717, 1.165) is 0 Å². The van der Waals surface area contributed by atoms with Gasteiger partial charge in [0.05, 0.1) is 15.5 Å². The number of fused-ring (bicyclic) bond motifs is 1. The first-order valence-corrected chi connectivity index (χ1v) is 9.54. The maximum atomic E-state index is 12.2. The molecule has 1 aliphatic heterocycles. The number of sulfone groups is 1. The van der Waals surface area contributed by atoms with Gasteiger partial charge in [-0.1, -0.05) is 0 Å². The average molecular weight is 317 g/mol. The fraction of sp³-hybridized carbons (Fsp3) is 0.538.